The van der Waals surface area contributed by atoms with Crippen molar-refractivity contribution in [2.45, 2.75) is 25.6 Å². The Bertz CT molecular complexity index is 742. The second-order valence-corrected chi connectivity index (χ2v) is 5.70. The molecule has 126 valence electrons. The van der Waals surface area contributed by atoms with Crippen molar-refractivity contribution in [3.05, 3.63) is 58.9 Å². The summed E-state index contributed by atoms with van der Waals surface area (Å²) >= 11 is 0. The molecule has 0 radical (unpaired) electrons. The summed E-state index contributed by atoms with van der Waals surface area (Å²) in [5.41, 5.74) is 3.03. The normalized spacial score (nSPS) is 14.1. The van der Waals surface area contributed by atoms with E-state index in [4.69, 9.17) is 0 Å². The zero-order valence-electron chi connectivity index (χ0n) is 12.8. The molecule has 24 heavy (non-hydrogen) atoms. The summed E-state index contributed by atoms with van der Waals surface area (Å²) in [5.74, 6) is -0.326. The first kappa shape index (κ1) is 16.4. The molecule has 1 amide bonds. The van der Waals surface area contributed by atoms with Crippen LogP contribution in [0.15, 0.2) is 36.5 Å². The molecule has 0 atom stereocenters. The molecule has 2 aromatic rings. The Kier molecular flexibility index (Phi) is 4.53. The first-order valence-corrected chi connectivity index (χ1v) is 7.56. The molecule has 0 aliphatic carbocycles. The van der Waals surface area contributed by atoms with Crippen LogP contribution in [-0.2, 0) is 19.4 Å². The quantitative estimate of drug-likeness (QED) is 0.906. The molecule has 4 nitrogen and oxygen atoms in total. The number of hydrogen-bond acceptors (Lipinski definition) is 3. The summed E-state index contributed by atoms with van der Waals surface area (Å²) < 4.78 is 37.0. The maximum absolute atomic E-state index is 12.3. The number of halogens is 3. The molecule has 0 unspecified atom stereocenters. The fourth-order valence-corrected chi connectivity index (χ4v) is 2.61. The van der Waals surface area contributed by atoms with E-state index in [1.807, 2.05) is 6.07 Å². The summed E-state index contributed by atoms with van der Waals surface area (Å²) in [5, 5.41) is 5.89. The highest BCUT2D eigenvalue weighted by Crippen LogP contribution is 2.22. The molecule has 0 saturated carbocycles. The minimum Gasteiger partial charge on any atom is -0.322 e. The topological polar surface area (TPSA) is 54.0 Å². The zero-order chi connectivity index (χ0) is 17.2. The van der Waals surface area contributed by atoms with Crippen molar-refractivity contribution >= 4 is 11.6 Å². The van der Waals surface area contributed by atoms with Crippen LogP contribution in [-0.4, -0.2) is 23.6 Å². The molecule has 0 bridgehead atoms. The number of nitrogens with one attached hydrogen (secondary N) is 2. The molecule has 7 heteroatoms. The van der Waals surface area contributed by atoms with Crippen LogP contribution in [0.5, 0.6) is 0 Å². The molecule has 2 N–H and O–H groups in total. The number of nitrogens with zero attached hydrogens (tertiary/aromatic N) is 1. The Morgan fingerprint density at radius 1 is 1.25 bits per heavy atom. The van der Waals surface area contributed by atoms with Gasteiger partial charge in [0.15, 0.2) is 0 Å². The number of hydrogen-bond donors (Lipinski definition) is 2. The van der Waals surface area contributed by atoms with Gasteiger partial charge >= 0.3 is 6.18 Å². The average Bonchev–Trinajstić information content (AvgIpc) is 2.55. The minimum absolute atomic E-state index is 0.156. The van der Waals surface area contributed by atoms with E-state index in [9.17, 15) is 18.0 Å². The Morgan fingerprint density at radius 2 is 2.00 bits per heavy atom. The van der Waals surface area contributed by atoms with Crippen molar-refractivity contribution in [2.24, 2.45) is 0 Å². The molecule has 3 rings (SSSR count). The van der Waals surface area contributed by atoms with Crippen LogP contribution in [0.25, 0.3) is 0 Å². The Balaban J connectivity index is 1.68. The van der Waals surface area contributed by atoms with Crippen molar-refractivity contribution in [2.75, 3.05) is 11.9 Å². The highest BCUT2D eigenvalue weighted by molar-refractivity contribution is 6.04. The van der Waals surface area contributed by atoms with Crippen molar-refractivity contribution in [3.63, 3.8) is 0 Å². The lowest BCUT2D eigenvalue weighted by molar-refractivity contribution is -0.127. The fraction of sp³-hybridized carbons (Fsp3) is 0.294. The summed E-state index contributed by atoms with van der Waals surface area (Å²) in [6, 6.07) is 7.47. The maximum atomic E-state index is 12.3. The number of amides is 1. The Hall–Kier alpha value is -2.41. The van der Waals surface area contributed by atoms with Crippen LogP contribution >= 0.6 is 0 Å². The van der Waals surface area contributed by atoms with Gasteiger partial charge in [-0.2, -0.15) is 13.2 Å². The van der Waals surface area contributed by atoms with E-state index in [1.165, 1.54) is 30.5 Å². The lowest BCUT2D eigenvalue weighted by Crippen LogP contribution is -2.25. The molecule has 0 fully saturated rings. The van der Waals surface area contributed by atoms with Crippen LogP contribution in [0.3, 0.4) is 0 Å². The Labute approximate surface area is 137 Å². The Morgan fingerprint density at radius 3 is 2.71 bits per heavy atom. The van der Waals surface area contributed by atoms with Gasteiger partial charge < -0.3 is 10.6 Å². The second-order valence-electron chi connectivity index (χ2n) is 5.70. The van der Waals surface area contributed by atoms with Crippen LogP contribution in [0, 0.1) is 0 Å². The van der Waals surface area contributed by atoms with Gasteiger partial charge in [-0.15, -0.1) is 0 Å². The van der Waals surface area contributed by atoms with Crippen molar-refractivity contribution < 1.29 is 18.0 Å². The van der Waals surface area contributed by atoms with Gasteiger partial charge in [0.25, 0.3) is 5.91 Å². The van der Waals surface area contributed by atoms with Crippen LogP contribution in [0.4, 0.5) is 18.9 Å². The number of carbonyl (C=O) groups excluding carboxylic acids is 1. The van der Waals surface area contributed by atoms with Crippen molar-refractivity contribution in [1.29, 1.82) is 0 Å². The number of fused-ring (bicyclic) bond motifs is 1. The van der Waals surface area contributed by atoms with Crippen LogP contribution < -0.4 is 10.6 Å². The highest BCUT2D eigenvalue weighted by Gasteiger charge is 2.27. The van der Waals surface area contributed by atoms with Gasteiger partial charge in [-0.25, -0.2) is 0 Å². The number of rotatable bonds is 3. The zero-order valence-corrected chi connectivity index (χ0v) is 12.8. The van der Waals surface area contributed by atoms with E-state index in [-0.39, 0.29) is 11.5 Å². The number of carbonyl (C=O) groups is 1. The lowest BCUT2D eigenvalue weighted by atomic mass is 10.0. The van der Waals surface area contributed by atoms with Gasteiger partial charge in [0.1, 0.15) is 0 Å². The molecular formula is C17H16F3N3O. The molecule has 1 aromatic carbocycles. The molecular weight excluding hydrogens is 319 g/mol. The molecule has 1 aliphatic heterocycles. The molecule has 0 saturated heterocycles. The fourth-order valence-electron chi connectivity index (χ4n) is 2.61. The standard InChI is InChI=1S/C17H16F3N3O/c18-17(19,20)8-11-1-3-14(4-2-11)23-16(24)13-7-12-5-6-21-10-15(12)22-9-13/h1-4,7,9,21H,5-6,8,10H2,(H,23,24). The SMILES string of the molecule is O=C(Nc1ccc(CC(F)(F)F)cc1)c1cnc2c(c1)CCNC2. The minimum atomic E-state index is -4.24. The maximum Gasteiger partial charge on any atom is 0.393 e. The highest BCUT2D eigenvalue weighted by atomic mass is 19.4. The van der Waals surface area contributed by atoms with Crippen LogP contribution in [0.2, 0.25) is 0 Å². The van der Waals surface area contributed by atoms with E-state index in [2.05, 4.69) is 15.6 Å². The summed E-state index contributed by atoms with van der Waals surface area (Å²) in [4.78, 5) is 16.6. The van der Waals surface area contributed by atoms with E-state index in [0.29, 0.717) is 17.8 Å². The number of alkyl halides is 3. The van der Waals surface area contributed by atoms with Gasteiger partial charge in [-0.05, 0) is 42.3 Å². The van der Waals surface area contributed by atoms with E-state index < -0.39 is 12.6 Å². The third-order valence-electron chi connectivity index (χ3n) is 3.80. The molecule has 2 heterocycles. The predicted octanol–water partition coefficient (Wildman–Crippen LogP) is 3.08. The molecule has 0 spiro atoms. The van der Waals surface area contributed by atoms with Gasteiger partial charge in [0.2, 0.25) is 0 Å². The molecule has 1 aromatic heterocycles. The number of benzene rings is 1. The predicted molar refractivity (Wildman–Crippen MR) is 83.8 cm³/mol. The molecule has 1 aliphatic rings. The first-order chi connectivity index (χ1) is 11.4. The van der Waals surface area contributed by atoms with Gasteiger partial charge in [0, 0.05) is 18.4 Å². The van der Waals surface area contributed by atoms with Crippen molar-refractivity contribution in [3.8, 4) is 0 Å². The second kappa shape index (κ2) is 6.60. The van der Waals surface area contributed by atoms with Gasteiger partial charge in [-0.3, -0.25) is 9.78 Å². The first-order valence-electron chi connectivity index (χ1n) is 7.56. The van der Waals surface area contributed by atoms with E-state index >= 15 is 0 Å². The van der Waals surface area contributed by atoms with Crippen LogP contribution in [0.1, 0.15) is 27.2 Å². The van der Waals surface area contributed by atoms with E-state index in [1.54, 1.807) is 0 Å². The third-order valence-corrected chi connectivity index (χ3v) is 3.80. The summed E-state index contributed by atoms with van der Waals surface area (Å²) in [6.45, 7) is 1.54. The average molecular weight is 335 g/mol. The summed E-state index contributed by atoms with van der Waals surface area (Å²) in [7, 11) is 0. The van der Waals surface area contributed by atoms with Gasteiger partial charge in [0.05, 0.1) is 17.7 Å². The lowest BCUT2D eigenvalue weighted by Gasteiger charge is -2.16. The number of aromatic nitrogens is 1. The largest absolute Gasteiger partial charge is 0.393 e. The third kappa shape index (κ3) is 4.11. The van der Waals surface area contributed by atoms with E-state index in [0.717, 1.165) is 24.2 Å². The summed E-state index contributed by atoms with van der Waals surface area (Å²) in [6.07, 6.45) is -2.90. The number of pyridine rings is 1. The number of anilines is 1. The van der Waals surface area contributed by atoms with Crippen molar-refractivity contribution in [1.82, 2.24) is 10.3 Å². The van der Waals surface area contributed by atoms with Gasteiger partial charge in [-0.1, -0.05) is 12.1 Å². The monoisotopic (exact) mass is 335 g/mol. The smallest absolute Gasteiger partial charge is 0.322 e.